The molecule has 0 heterocycles. The molecule has 2 nitrogen and oxygen atoms in total. The van der Waals surface area contributed by atoms with E-state index in [2.05, 4.69) is 121 Å². The first kappa shape index (κ1) is 39.5. The summed E-state index contributed by atoms with van der Waals surface area (Å²) in [6.07, 6.45) is 11.0. The highest BCUT2D eigenvalue weighted by Crippen LogP contribution is 2.13. The Kier molecular flexibility index (Phi) is 33.3. The highest BCUT2D eigenvalue weighted by atomic mass is 19.1. The van der Waals surface area contributed by atoms with Crippen LogP contribution in [0.25, 0.3) is 10.8 Å². The number of aryl methyl sites for hydroxylation is 1. The third-order valence-electron chi connectivity index (χ3n) is 5.19. The van der Waals surface area contributed by atoms with Crippen molar-refractivity contribution < 1.29 is 9.18 Å². The van der Waals surface area contributed by atoms with Gasteiger partial charge in [-0.05, 0) is 43.2 Å². The quantitative estimate of drug-likeness (QED) is 0.258. The number of nitrogens with two attached hydrogens (primary N) is 1. The summed E-state index contributed by atoms with van der Waals surface area (Å²) in [6.45, 7) is 17.3. The molecule has 0 spiro atoms. The minimum absolute atomic E-state index is 0.204. The monoisotopic (exact) mass is 523 g/mol. The smallest absolute Gasteiger partial charge is 0.116 e. The van der Waals surface area contributed by atoms with Gasteiger partial charge in [-0.15, -0.1) is 0 Å². The summed E-state index contributed by atoms with van der Waals surface area (Å²) in [5.74, 6) is 1.25. The van der Waals surface area contributed by atoms with Gasteiger partial charge in [-0.2, -0.15) is 0 Å². The van der Waals surface area contributed by atoms with Crippen molar-refractivity contribution in [3.63, 3.8) is 0 Å². The van der Waals surface area contributed by atoms with E-state index in [1.165, 1.54) is 72.4 Å². The molecule has 0 saturated heterocycles. The molecule has 0 saturated carbocycles. The van der Waals surface area contributed by atoms with E-state index in [0.29, 0.717) is 6.33 Å². The molecule has 3 aromatic carbocycles. The fraction of sp³-hybridized carbons (Fsp3) is 0.429. The van der Waals surface area contributed by atoms with E-state index in [-0.39, 0.29) is 6.04 Å². The fourth-order valence-corrected chi connectivity index (χ4v) is 2.68. The molecule has 2 N–H and O–H groups in total. The van der Waals surface area contributed by atoms with Crippen LogP contribution in [0, 0.1) is 6.92 Å². The van der Waals surface area contributed by atoms with E-state index < -0.39 is 0 Å². The number of hydrogen-bond donors (Lipinski definition) is 1. The number of halogens is 1. The maximum atomic E-state index is 10.5. The van der Waals surface area contributed by atoms with Crippen LogP contribution in [0.15, 0.2) is 91.8 Å². The molecular weight excluding hydrogens is 469 g/mol. The van der Waals surface area contributed by atoms with Crippen molar-refractivity contribution in [1.29, 1.82) is 0 Å². The Hall–Kier alpha value is -3.00. The molecule has 0 aliphatic carbocycles. The van der Waals surface area contributed by atoms with Crippen molar-refractivity contribution in [3.05, 3.63) is 103 Å². The van der Waals surface area contributed by atoms with Crippen LogP contribution in [0.2, 0.25) is 0 Å². The summed E-state index contributed by atoms with van der Waals surface area (Å²) in [4.78, 5) is 8.57. The Bertz CT molecular complexity index is 853. The predicted octanol–water partition coefficient (Wildman–Crippen LogP) is 11.1. The average Bonchev–Trinajstić information content (AvgIpc) is 2.97. The van der Waals surface area contributed by atoms with Gasteiger partial charge in [-0.3, -0.25) is 0 Å². The van der Waals surface area contributed by atoms with Crippen LogP contribution >= 0.6 is 0 Å². The van der Waals surface area contributed by atoms with Crippen LogP contribution in [0.1, 0.15) is 104 Å². The Balaban J connectivity index is -0.000000417. The zero-order valence-corrected chi connectivity index (χ0v) is 25.2. The number of benzene rings is 3. The van der Waals surface area contributed by atoms with Gasteiger partial charge in [-0.1, -0.05) is 158 Å². The molecule has 3 aromatic rings. The summed E-state index contributed by atoms with van der Waals surface area (Å²) in [7, 11) is 0. The summed E-state index contributed by atoms with van der Waals surface area (Å²) in [5.41, 5.74) is 8.37. The summed E-state index contributed by atoms with van der Waals surface area (Å²) >= 11 is 0. The van der Waals surface area contributed by atoms with Gasteiger partial charge in [0.15, 0.2) is 0 Å². The Morgan fingerprint density at radius 1 is 0.789 bits per heavy atom. The zero-order valence-electron chi connectivity index (χ0n) is 25.2. The maximum absolute atomic E-state index is 10.5. The SMILES string of the molecule is C=C=O.CC=CF.CCC(N)c1ccc(C)cc1.CCCC.CCCCCC.c1ccc2ccccc2c1. The third kappa shape index (κ3) is 26.1. The summed E-state index contributed by atoms with van der Waals surface area (Å²) in [5, 5.41) is 2.62. The molecule has 0 aliphatic rings. The number of carbonyl (C=O) groups excluding carboxylic acids is 1. The lowest BCUT2D eigenvalue weighted by molar-refractivity contribution is 0.569. The minimum atomic E-state index is 0.204. The fourth-order valence-electron chi connectivity index (χ4n) is 2.68. The molecule has 3 rings (SSSR count). The van der Waals surface area contributed by atoms with Gasteiger partial charge in [0.25, 0.3) is 0 Å². The van der Waals surface area contributed by atoms with Gasteiger partial charge < -0.3 is 5.73 Å². The first-order chi connectivity index (χ1) is 18.4. The predicted molar refractivity (Wildman–Crippen MR) is 170 cm³/mol. The van der Waals surface area contributed by atoms with E-state index in [4.69, 9.17) is 10.5 Å². The summed E-state index contributed by atoms with van der Waals surface area (Å²) < 4.78 is 10.5. The third-order valence-corrected chi connectivity index (χ3v) is 5.19. The molecule has 1 unspecified atom stereocenters. The van der Waals surface area contributed by atoms with Gasteiger partial charge >= 0.3 is 0 Å². The number of rotatable bonds is 6. The van der Waals surface area contributed by atoms with Crippen molar-refractivity contribution in [2.75, 3.05) is 0 Å². The standard InChI is InChI=1S/C10H15N.C10H8.C6H14.C4H10.C3H5F.C2H2O/c1-3-10(11)9-6-4-8(2)5-7-9;1-2-6-10-8-4-3-7-9(10)5-1;1-3-5-6-4-2;1-3-4-2;1-2-3-4;1-2-3/h4-7,10H,3,11H2,1-2H3;1-8H;3-6H2,1-2H3;3-4H2,1-2H3;2-3H,1H3;1H2. The second-order valence-electron chi connectivity index (χ2n) is 8.58. The second-order valence-corrected chi connectivity index (χ2v) is 8.58. The van der Waals surface area contributed by atoms with E-state index in [9.17, 15) is 4.39 Å². The molecule has 212 valence electrons. The van der Waals surface area contributed by atoms with Crippen LogP contribution in [0.5, 0.6) is 0 Å². The largest absolute Gasteiger partial charge is 0.324 e. The normalized spacial score (nSPS) is 9.82. The summed E-state index contributed by atoms with van der Waals surface area (Å²) in [6, 6.07) is 25.3. The van der Waals surface area contributed by atoms with Gasteiger partial charge in [0.05, 0.1) is 6.33 Å². The molecule has 1 atom stereocenters. The van der Waals surface area contributed by atoms with Crippen molar-refractivity contribution in [2.24, 2.45) is 5.73 Å². The highest BCUT2D eigenvalue weighted by molar-refractivity contribution is 5.82. The van der Waals surface area contributed by atoms with Crippen LogP contribution in [0.3, 0.4) is 0 Å². The van der Waals surface area contributed by atoms with Crippen molar-refractivity contribution in [2.45, 2.75) is 99.5 Å². The minimum Gasteiger partial charge on any atom is -0.324 e. The molecule has 0 aliphatic heterocycles. The lowest BCUT2D eigenvalue weighted by atomic mass is 10.0. The zero-order chi connectivity index (χ0) is 29.4. The molecule has 38 heavy (non-hydrogen) atoms. The first-order valence-electron chi connectivity index (χ1n) is 14.0. The molecule has 0 radical (unpaired) electrons. The molecule has 0 amide bonds. The van der Waals surface area contributed by atoms with E-state index in [0.717, 1.165) is 6.42 Å². The van der Waals surface area contributed by atoms with Crippen LogP contribution < -0.4 is 5.73 Å². The van der Waals surface area contributed by atoms with Gasteiger partial charge in [0.1, 0.15) is 5.94 Å². The molecular formula is C35H54FNO. The van der Waals surface area contributed by atoms with Gasteiger partial charge in [0, 0.05) is 6.04 Å². The van der Waals surface area contributed by atoms with E-state index >= 15 is 0 Å². The lowest BCUT2D eigenvalue weighted by Gasteiger charge is -2.08. The highest BCUT2D eigenvalue weighted by Gasteiger charge is 2.00. The average molecular weight is 524 g/mol. The number of hydrogen-bond acceptors (Lipinski definition) is 2. The molecule has 0 aromatic heterocycles. The van der Waals surface area contributed by atoms with Gasteiger partial charge in [-0.25, -0.2) is 9.18 Å². The Morgan fingerprint density at radius 2 is 1.13 bits per heavy atom. The maximum Gasteiger partial charge on any atom is 0.116 e. The Labute approximate surface area is 233 Å². The molecule has 0 bridgehead atoms. The van der Waals surface area contributed by atoms with Crippen LogP contribution in [-0.4, -0.2) is 5.94 Å². The van der Waals surface area contributed by atoms with E-state index in [1.54, 1.807) is 6.92 Å². The number of fused-ring (bicyclic) bond motifs is 1. The van der Waals surface area contributed by atoms with Crippen LogP contribution in [-0.2, 0) is 4.79 Å². The first-order valence-corrected chi connectivity index (χ1v) is 14.0. The van der Waals surface area contributed by atoms with Crippen molar-refractivity contribution >= 4 is 16.7 Å². The number of allylic oxidation sites excluding steroid dienone is 1. The molecule has 3 heteroatoms. The van der Waals surface area contributed by atoms with E-state index in [1.807, 2.05) is 0 Å². The van der Waals surface area contributed by atoms with Crippen molar-refractivity contribution in [1.82, 2.24) is 0 Å². The number of unbranched alkanes of at least 4 members (excludes halogenated alkanes) is 4. The van der Waals surface area contributed by atoms with Crippen molar-refractivity contribution in [3.8, 4) is 0 Å². The lowest BCUT2D eigenvalue weighted by Crippen LogP contribution is -2.07. The van der Waals surface area contributed by atoms with Crippen LogP contribution in [0.4, 0.5) is 4.39 Å². The molecule has 0 fully saturated rings. The topological polar surface area (TPSA) is 43.1 Å². The van der Waals surface area contributed by atoms with Gasteiger partial charge in [0.2, 0.25) is 0 Å². The second kappa shape index (κ2) is 32.0. The Morgan fingerprint density at radius 3 is 1.37 bits per heavy atom.